The van der Waals surface area contributed by atoms with Crippen LogP contribution in [-0.2, 0) is 11.2 Å². The van der Waals surface area contributed by atoms with Gasteiger partial charge in [0, 0.05) is 12.0 Å². The zero-order valence-electron chi connectivity index (χ0n) is 12.8. The highest BCUT2D eigenvalue weighted by atomic mass is 16.4. The summed E-state index contributed by atoms with van der Waals surface area (Å²) in [7, 11) is 0. The molecular formula is C16H20N2O3. The molecule has 0 atom stereocenters. The molecule has 2 aromatic rings. The van der Waals surface area contributed by atoms with Gasteiger partial charge in [-0.25, -0.2) is 0 Å². The third kappa shape index (κ3) is 3.68. The Morgan fingerprint density at radius 2 is 1.86 bits per heavy atom. The van der Waals surface area contributed by atoms with Crippen LogP contribution in [0.2, 0.25) is 0 Å². The molecule has 0 bridgehead atoms. The molecule has 0 radical (unpaired) electrons. The van der Waals surface area contributed by atoms with Crippen molar-refractivity contribution in [3.05, 3.63) is 35.2 Å². The lowest BCUT2D eigenvalue weighted by Gasteiger charge is -2.19. The lowest BCUT2D eigenvalue weighted by molar-refractivity contribution is -0.139. The van der Waals surface area contributed by atoms with E-state index in [1.807, 2.05) is 45.9 Å². The Morgan fingerprint density at radius 1 is 1.24 bits per heavy atom. The maximum absolute atomic E-state index is 10.9. The fourth-order valence-electron chi connectivity index (χ4n) is 2.46. The van der Waals surface area contributed by atoms with Crippen molar-refractivity contribution in [2.45, 2.75) is 40.5 Å². The van der Waals surface area contributed by atoms with Crippen LogP contribution in [0.5, 0.6) is 0 Å². The Hall–Kier alpha value is -2.17. The van der Waals surface area contributed by atoms with Gasteiger partial charge in [0.25, 0.3) is 0 Å². The van der Waals surface area contributed by atoms with Crippen LogP contribution >= 0.6 is 0 Å². The predicted octanol–water partition coefficient (Wildman–Crippen LogP) is 3.40. The monoisotopic (exact) mass is 288 g/mol. The first-order valence-electron chi connectivity index (χ1n) is 6.89. The number of rotatable bonds is 5. The molecule has 0 aliphatic heterocycles. The predicted molar refractivity (Wildman–Crippen MR) is 78.9 cm³/mol. The van der Waals surface area contributed by atoms with E-state index >= 15 is 0 Å². The summed E-state index contributed by atoms with van der Waals surface area (Å²) in [6.07, 6.45) is 0.505. The molecule has 0 fully saturated rings. The largest absolute Gasteiger partial charge is 0.481 e. The first kappa shape index (κ1) is 15.2. The second kappa shape index (κ2) is 5.68. The number of aromatic nitrogens is 2. The lowest BCUT2D eigenvalue weighted by atomic mass is 9.86. The molecule has 0 saturated heterocycles. The van der Waals surface area contributed by atoms with E-state index in [0.717, 1.165) is 16.7 Å². The van der Waals surface area contributed by atoms with Gasteiger partial charge in [-0.05, 0) is 30.4 Å². The molecule has 0 unspecified atom stereocenters. The smallest absolute Gasteiger partial charge is 0.303 e. The molecule has 21 heavy (non-hydrogen) atoms. The van der Waals surface area contributed by atoms with Gasteiger partial charge in [-0.15, -0.1) is 10.2 Å². The Bertz CT molecular complexity index is 639. The third-order valence-corrected chi connectivity index (χ3v) is 3.42. The minimum absolute atomic E-state index is 0.0636. The Labute approximate surface area is 124 Å². The quantitative estimate of drug-likeness (QED) is 0.912. The number of carboxylic acids is 1. The van der Waals surface area contributed by atoms with E-state index < -0.39 is 11.4 Å². The van der Waals surface area contributed by atoms with Crippen LogP contribution in [0.25, 0.3) is 11.5 Å². The molecular weight excluding hydrogens is 268 g/mol. The SMILES string of the molecule is Cc1cccc(C)c1-c1nnc(CC(C)(C)CC(=O)O)o1. The zero-order valence-corrected chi connectivity index (χ0v) is 12.8. The molecule has 1 aromatic heterocycles. The van der Waals surface area contributed by atoms with E-state index in [4.69, 9.17) is 9.52 Å². The number of carbonyl (C=O) groups is 1. The van der Waals surface area contributed by atoms with E-state index in [1.165, 1.54) is 0 Å². The van der Waals surface area contributed by atoms with Crippen molar-refractivity contribution >= 4 is 5.97 Å². The highest BCUT2D eigenvalue weighted by Crippen LogP contribution is 2.29. The number of nitrogens with zero attached hydrogens (tertiary/aromatic N) is 2. The number of aliphatic carboxylic acids is 1. The van der Waals surface area contributed by atoms with E-state index in [9.17, 15) is 4.79 Å². The van der Waals surface area contributed by atoms with Crippen LogP contribution in [0, 0.1) is 19.3 Å². The number of benzene rings is 1. The Kier molecular flexibility index (Phi) is 4.11. The molecule has 1 aromatic carbocycles. The summed E-state index contributed by atoms with van der Waals surface area (Å²) in [6, 6.07) is 5.99. The summed E-state index contributed by atoms with van der Waals surface area (Å²) >= 11 is 0. The maximum atomic E-state index is 10.9. The van der Waals surface area contributed by atoms with Gasteiger partial charge in [-0.3, -0.25) is 4.79 Å². The third-order valence-electron chi connectivity index (χ3n) is 3.42. The van der Waals surface area contributed by atoms with Crippen LogP contribution in [0.3, 0.4) is 0 Å². The maximum Gasteiger partial charge on any atom is 0.303 e. The van der Waals surface area contributed by atoms with Gasteiger partial charge in [-0.2, -0.15) is 0 Å². The molecule has 0 aliphatic rings. The summed E-state index contributed by atoms with van der Waals surface area (Å²) in [5.74, 6) is 0.139. The molecule has 0 spiro atoms. The molecule has 0 saturated carbocycles. The average molecular weight is 288 g/mol. The normalized spacial score (nSPS) is 11.6. The van der Waals surface area contributed by atoms with E-state index in [0.29, 0.717) is 18.2 Å². The zero-order chi connectivity index (χ0) is 15.6. The highest BCUT2D eigenvalue weighted by Gasteiger charge is 2.25. The van der Waals surface area contributed by atoms with Crippen molar-refractivity contribution in [1.82, 2.24) is 10.2 Å². The molecule has 0 aliphatic carbocycles. The average Bonchev–Trinajstić information content (AvgIpc) is 2.74. The van der Waals surface area contributed by atoms with E-state index in [1.54, 1.807) is 0 Å². The second-order valence-corrected chi connectivity index (χ2v) is 6.18. The van der Waals surface area contributed by atoms with Crippen molar-refractivity contribution in [1.29, 1.82) is 0 Å². The van der Waals surface area contributed by atoms with Crippen LogP contribution < -0.4 is 0 Å². The number of carboxylic acid groups (broad SMARTS) is 1. The first-order valence-corrected chi connectivity index (χ1v) is 6.89. The van der Waals surface area contributed by atoms with Crippen LogP contribution in [-0.4, -0.2) is 21.3 Å². The van der Waals surface area contributed by atoms with Crippen LogP contribution in [0.15, 0.2) is 22.6 Å². The van der Waals surface area contributed by atoms with Gasteiger partial charge >= 0.3 is 5.97 Å². The highest BCUT2D eigenvalue weighted by molar-refractivity contribution is 5.67. The molecule has 1 N–H and O–H groups in total. The number of hydrogen-bond acceptors (Lipinski definition) is 4. The van der Waals surface area contributed by atoms with Crippen molar-refractivity contribution in [2.75, 3.05) is 0 Å². The fourth-order valence-corrected chi connectivity index (χ4v) is 2.46. The summed E-state index contributed by atoms with van der Waals surface area (Å²) in [5, 5.41) is 17.1. The summed E-state index contributed by atoms with van der Waals surface area (Å²) in [4.78, 5) is 10.9. The van der Waals surface area contributed by atoms with Gasteiger partial charge in [0.1, 0.15) is 0 Å². The van der Waals surface area contributed by atoms with Crippen LogP contribution in [0.1, 0.15) is 37.3 Å². The van der Waals surface area contributed by atoms with Gasteiger partial charge in [0.15, 0.2) is 0 Å². The topological polar surface area (TPSA) is 76.2 Å². The van der Waals surface area contributed by atoms with Gasteiger partial charge in [0.2, 0.25) is 11.8 Å². The fraction of sp³-hybridized carbons (Fsp3) is 0.438. The first-order chi connectivity index (χ1) is 9.78. The standard InChI is InChI=1S/C16H20N2O3/c1-10-6-5-7-11(2)14(10)15-18-17-12(21-15)8-16(3,4)9-13(19)20/h5-7H,8-9H2,1-4H3,(H,19,20). The summed E-state index contributed by atoms with van der Waals surface area (Å²) in [6.45, 7) is 7.76. The van der Waals surface area contributed by atoms with Gasteiger partial charge in [0.05, 0.1) is 6.42 Å². The molecule has 5 nitrogen and oxygen atoms in total. The van der Waals surface area contributed by atoms with Crippen molar-refractivity contribution in [3.63, 3.8) is 0 Å². The molecule has 1 heterocycles. The van der Waals surface area contributed by atoms with Crippen molar-refractivity contribution in [3.8, 4) is 11.5 Å². The van der Waals surface area contributed by atoms with E-state index in [2.05, 4.69) is 10.2 Å². The molecule has 112 valence electrons. The van der Waals surface area contributed by atoms with Crippen LogP contribution in [0.4, 0.5) is 0 Å². The Balaban J connectivity index is 2.25. The second-order valence-electron chi connectivity index (χ2n) is 6.18. The minimum atomic E-state index is -0.825. The molecule has 2 rings (SSSR count). The minimum Gasteiger partial charge on any atom is -0.481 e. The van der Waals surface area contributed by atoms with Gasteiger partial charge in [-0.1, -0.05) is 32.0 Å². The summed E-state index contributed by atoms with van der Waals surface area (Å²) < 4.78 is 5.73. The summed E-state index contributed by atoms with van der Waals surface area (Å²) in [5.41, 5.74) is 2.69. The lowest BCUT2D eigenvalue weighted by Crippen LogP contribution is -2.19. The van der Waals surface area contributed by atoms with Crippen molar-refractivity contribution < 1.29 is 14.3 Å². The number of aryl methyl sites for hydroxylation is 2. The number of hydrogen-bond donors (Lipinski definition) is 1. The van der Waals surface area contributed by atoms with E-state index in [-0.39, 0.29) is 6.42 Å². The Morgan fingerprint density at radius 3 is 2.43 bits per heavy atom. The molecule has 5 heteroatoms. The van der Waals surface area contributed by atoms with Crippen molar-refractivity contribution in [2.24, 2.45) is 5.41 Å². The molecule has 0 amide bonds. The van der Waals surface area contributed by atoms with Gasteiger partial charge < -0.3 is 9.52 Å².